The fourth-order valence-corrected chi connectivity index (χ4v) is 2.16. The van der Waals surface area contributed by atoms with Crippen molar-refractivity contribution in [1.29, 1.82) is 0 Å². The Kier molecular flexibility index (Phi) is 5.20. The van der Waals surface area contributed by atoms with Gasteiger partial charge in [-0.15, -0.1) is 5.10 Å². The number of hydrogen-bond donors (Lipinski definition) is 1. The van der Waals surface area contributed by atoms with E-state index in [9.17, 15) is 9.90 Å². The van der Waals surface area contributed by atoms with E-state index in [2.05, 4.69) is 5.10 Å². The average Bonchev–Trinajstić information content (AvgIpc) is 3.25. The van der Waals surface area contributed by atoms with Gasteiger partial charge in [0.15, 0.2) is 5.76 Å². The van der Waals surface area contributed by atoms with E-state index in [1.54, 1.807) is 36.4 Å². The van der Waals surface area contributed by atoms with Crippen LogP contribution in [0.1, 0.15) is 6.92 Å². The van der Waals surface area contributed by atoms with Crippen LogP contribution in [0.4, 0.5) is 0 Å². The van der Waals surface area contributed by atoms with E-state index < -0.39 is 11.9 Å². The van der Waals surface area contributed by atoms with E-state index in [-0.39, 0.29) is 19.0 Å². The largest absolute Gasteiger partial charge is 0.494 e. The van der Waals surface area contributed by atoms with Crippen molar-refractivity contribution < 1.29 is 23.4 Å². The first-order valence-corrected chi connectivity index (χ1v) is 7.81. The van der Waals surface area contributed by atoms with Crippen LogP contribution in [-0.4, -0.2) is 34.2 Å². The molecule has 0 aliphatic rings. The molecule has 0 bridgehead atoms. The summed E-state index contributed by atoms with van der Waals surface area (Å²) in [6.07, 6.45) is 0.521. The Morgan fingerprint density at radius 1 is 1.20 bits per heavy atom. The van der Waals surface area contributed by atoms with Gasteiger partial charge in [0.1, 0.15) is 24.2 Å². The Morgan fingerprint density at radius 2 is 1.92 bits per heavy atom. The second-order valence-corrected chi connectivity index (χ2v) is 5.20. The maximum Gasteiger partial charge on any atom is 0.437 e. The lowest BCUT2D eigenvalue weighted by molar-refractivity contribution is 0.0875. The maximum absolute atomic E-state index is 11.8. The first-order chi connectivity index (χ1) is 12.2. The summed E-state index contributed by atoms with van der Waals surface area (Å²) in [5.74, 6) is 1.07. The van der Waals surface area contributed by atoms with Gasteiger partial charge in [0.2, 0.25) is 0 Å². The van der Waals surface area contributed by atoms with Gasteiger partial charge in [-0.3, -0.25) is 0 Å². The molecule has 1 atom stereocenters. The first-order valence-electron chi connectivity index (χ1n) is 7.81. The van der Waals surface area contributed by atoms with Gasteiger partial charge in [0.05, 0.1) is 19.4 Å². The summed E-state index contributed by atoms with van der Waals surface area (Å²) in [6.45, 7) is 2.44. The molecule has 132 valence electrons. The second-order valence-electron chi connectivity index (χ2n) is 5.20. The van der Waals surface area contributed by atoms with Crippen molar-refractivity contribution in [2.24, 2.45) is 0 Å². The van der Waals surface area contributed by atoms with Gasteiger partial charge >= 0.3 is 5.76 Å². The quantitative estimate of drug-likeness (QED) is 0.665. The highest BCUT2D eigenvalue weighted by molar-refractivity contribution is 5.42. The summed E-state index contributed by atoms with van der Waals surface area (Å²) in [5, 5.41) is 14.0. The fourth-order valence-electron chi connectivity index (χ4n) is 2.16. The molecular weight excluding hydrogens is 328 g/mol. The van der Waals surface area contributed by atoms with Crippen LogP contribution in [0.2, 0.25) is 0 Å². The third kappa shape index (κ3) is 4.30. The Labute approximate surface area is 143 Å². The van der Waals surface area contributed by atoms with E-state index >= 15 is 0 Å². The maximum atomic E-state index is 11.8. The van der Waals surface area contributed by atoms with Gasteiger partial charge in [0, 0.05) is 0 Å². The molecule has 8 heteroatoms. The number of aliphatic hydroxyl groups is 1. The van der Waals surface area contributed by atoms with Crippen molar-refractivity contribution in [2.45, 2.75) is 19.6 Å². The Hall–Kier alpha value is -3.00. The molecule has 0 aliphatic heterocycles. The summed E-state index contributed by atoms with van der Waals surface area (Å²) >= 11 is 0. The lowest BCUT2D eigenvalue weighted by atomic mass is 10.3. The third-order valence-electron chi connectivity index (χ3n) is 3.30. The van der Waals surface area contributed by atoms with Crippen molar-refractivity contribution in [3.8, 4) is 23.1 Å². The minimum absolute atomic E-state index is 0.00334. The summed E-state index contributed by atoms with van der Waals surface area (Å²) in [5.41, 5.74) is 0. The number of nitrogens with zero attached hydrogens (tertiary/aromatic N) is 2. The predicted octanol–water partition coefficient (Wildman–Crippen LogP) is 1.93. The Morgan fingerprint density at radius 3 is 2.56 bits per heavy atom. The van der Waals surface area contributed by atoms with Gasteiger partial charge in [-0.1, -0.05) is 0 Å². The minimum Gasteiger partial charge on any atom is -0.494 e. The number of aliphatic hydroxyl groups excluding tert-OH is 1. The van der Waals surface area contributed by atoms with Crippen LogP contribution in [0.5, 0.6) is 11.5 Å². The smallest absolute Gasteiger partial charge is 0.437 e. The van der Waals surface area contributed by atoms with Crippen molar-refractivity contribution in [3.63, 3.8) is 0 Å². The molecule has 1 unspecified atom stereocenters. The average molecular weight is 346 g/mol. The molecule has 1 aromatic carbocycles. The SMILES string of the molecule is CCOc1ccc(OCC(O)Cn2nc(-c3ccco3)oc2=O)cc1. The van der Waals surface area contributed by atoms with E-state index in [1.165, 1.54) is 6.26 Å². The van der Waals surface area contributed by atoms with E-state index in [0.717, 1.165) is 10.4 Å². The molecule has 25 heavy (non-hydrogen) atoms. The molecule has 8 nitrogen and oxygen atoms in total. The molecule has 0 amide bonds. The number of benzene rings is 1. The number of rotatable bonds is 8. The standard InChI is InChI=1S/C17H18N2O6/c1-2-22-13-5-7-14(8-6-13)24-11-12(20)10-19-17(21)25-16(18-19)15-4-3-9-23-15/h3-9,12,20H,2,10-11H2,1H3. The molecule has 2 heterocycles. The summed E-state index contributed by atoms with van der Waals surface area (Å²) < 4.78 is 22.0. The zero-order valence-electron chi connectivity index (χ0n) is 13.6. The predicted molar refractivity (Wildman–Crippen MR) is 87.6 cm³/mol. The molecule has 0 spiro atoms. The molecular formula is C17H18N2O6. The molecule has 3 aromatic rings. The van der Waals surface area contributed by atoms with Crippen LogP contribution < -0.4 is 15.2 Å². The highest BCUT2D eigenvalue weighted by Crippen LogP contribution is 2.18. The molecule has 0 fully saturated rings. The van der Waals surface area contributed by atoms with Gasteiger partial charge in [-0.05, 0) is 43.3 Å². The van der Waals surface area contributed by atoms with Crippen LogP contribution in [0.3, 0.4) is 0 Å². The van der Waals surface area contributed by atoms with Crippen LogP contribution >= 0.6 is 0 Å². The fraction of sp³-hybridized carbons (Fsp3) is 0.294. The highest BCUT2D eigenvalue weighted by atomic mass is 16.5. The highest BCUT2D eigenvalue weighted by Gasteiger charge is 2.15. The summed E-state index contributed by atoms with van der Waals surface area (Å²) in [7, 11) is 0. The number of aromatic nitrogens is 2. The van der Waals surface area contributed by atoms with Crippen molar-refractivity contribution in [2.75, 3.05) is 13.2 Å². The van der Waals surface area contributed by atoms with Crippen LogP contribution in [0, 0.1) is 0 Å². The van der Waals surface area contributed by atoms with E-state index in [0.29, 0.717) is 18.1 Å². The first kappa shape index (κ1) is 16.8. The molecule has 2 aromatic heterocycles. The van der Waals surface area contributed by atoms with Crippen molar-refractivity contribution in [3.05, 3.63) is 53.2 Å². The van der Waals surface area contributed by atoms with Crippen LogP contribution in [0.25, 0.3) is 11.7 Å². The third-order valence-corrected chi connectivity index (χ3v) is 3.30. The molecule has 0 saturated heterocycles. The Balaban J connectivity index is 1.56. The molecule has 0 radical (unpaired) electrons. The zero-order valence-corrected chi connectivity index (χ0v) is 13.6. The normalized spacial score (nSPS) is 12.1. The monoisotopic (exact) mass is 346 g/mol. The lowest BCUT2D eigenvalue weighted by Gasteiger charge is -2.12. The van der Waals surface area contributed by atoms with Gasteiger partial charge in [-0.25, -0.2) is 4.79 Å². The zero-order chi connectivity index (χ0) is 17.6. The topological polar surface area (TPSA) is 99.9 Å². The molecule has 0 saturated carbocycles. The summed E-state index contributed by atoms with van der Waals surface area (Å²) in [6, 6.07) is 10.3. The Bertz CT molecular complexity index is 835. The molecule has 0 aliphatic carbocycles. The van der Waals surface area contributed by atoms with E-state index in [4.69, 9.17) is 18.3 Å². The molecule has 3 rings (SSSR count). The molecule has 1 N–H and O–H groups in total. The van der Waals surface area contributed by atoms with E-state index in [1.807, 2.05) is 6.92 Å². The van der Waals surface area contributed by atoms with Gasteiger partial charge in [-0.2, -0.15) is 4.68 Å². The lowest BCUT2D eigenvalue weighted by Crippen LogP contribution is -2.29. The van der Waals surface area contributed by atoms with Gasteiger partial charge in [0.25, 0.3) is 5.89 Å². The minimum atomic E-state index is -0.932. The number of hydrogen-bond acceptors (Lipinski definition) is 7. The van der Waals surface area contributed by atoms with Crippen molar-refractivity contribution in [1.82, 2.24) is 9.78 Å². The van der Waals surface area contributed by atoms with Gasteiger partial charge < -0.3 is 23.4 Å². The number of ether oxygens (including phenoxy) is 2. The van der Waals surface area contributed by atoms with Crippen LogP contribution in [0.15, 0.2) is 56.3 Å². The van der Waals surface area contributed by atoms with Crippen LogP contribution in [-0.2, 0) is 6.54 Å². The second kappa shape index (κ2) is 7.71. The number of furan rings is 1. The summed E-state index contributed by atoms with van der Waals surface area (Å²) in [4.78, 5) is 11.8. The van der Waals surface area contributed by atoms with Crippen molar-refractivity contribution >= 4 is 0 Å².